The Morgan fingerprint density at radius 3 is 3.00 bits per heavy atom. The van der Waals surface area contributed by atoms with Gasteiger partial charge < -0.3 is 9.15 Å². The average Bonchev–Trinajstić information content (AvgIpc) is 2.93. The zero-order valence-corrected chi connectivity index (χ0v) is 12.8. The Balaban J connectivity index is 1.95. The number of carbonyl (C=O) groups is 1. The first-order chi connectivity index (χ1) is 10.1. The number of aromatic nitrogens is 1. The summed E-state index contributed by atoms with van der Waals surface area (Å²) in [4.78, 5) is 17.5. The fraction of sp³-hybridized carbons (Fsp3) is 0.333. The van der Waals surface area contributed by atoms with Gasteiger partial charge in [-0.15, -0.1) is 0 Å². The highest BCUT2D eigenvalue weighted by Gasteiger charge is 2.10. The molecular weight excluding hydrogens is 292 g/mol. The molecule has 1 aromatic carbocycles. The average molecular weight is 309 g/mol. The Morgan fingerprint density at radius 1 is 1.48 bits per heavy atom. The third-order valence-electron chi connectivity index (χ3n) is 2.98. The lowest BCUT2D eigenvalue weighted by atomic mass is 10.2. The number of carbonyl (C=O) groups excluding carboxylic acids is 1. The fourth-order valence-corrected chi connectivity index (χ4v) is 2.06. The van der Waals surface area contributed by atoms with Crippen LogP contribution in [0.15, 0.2) is 34.9 Å². The molecule has 0 spiro atoms. The van der Waals surface area contributed by atoms with Gasteiger partial charge in [0.05, 0.1) is 19.2 Å². The van der Waals surface area contributed by atoms with Crippen molar-refractivity contribution in [3.8, 4) is 11.5 Å². The molecule has 0 aliphatic heterocycles. The van der Waals surface area contributed by atoms with Crippen molar-refractivity contribution in [2.75, 3.05) is 20.7 Å². The van der Waals surface area contributed by atoms with Crippen molar-refractivity contribution in [2.24, 2.45) is 0 Å². The molecule has 1 aromatic heterocycles. The van der Waals surface area contributed by atoms with Crippen LogP contribution < -0.4 is 0 Å². The molecule has 5 nitrogen and oxygen atoms in total. The van der Waals surface area contributed by atoms with Crippen molar-refractivity contribution >= 4 is 17.6 Å². The Kier molecular flexibility index (Phi) is 5.36. The highest BCUT2D eigenvalue weighted by atomic mass is 35.5. The molecule has 112 valence electrons. The quantitative estimate of drug-likeness (QED) is 0.768. The maximum atomic E-state index is 11.1. The van der Waals surface area contributed by atoms with Crippen LogP contribution in [-0.4, -0.2) is 36.6 Å². The largest absolute Gasteiger partial charge is 0.469 e. The number of esters is 1. The summed E-state index contributed by atoms with van der Waals surface area (Å²) in [7, 11) is 3.30. The number of hydrogen-bond donors (Lipinski definition) is 0. The molecule has 0 unspecified atom stereocenters. The van der Waals surface area contributed by atoms with E-state index in [4.69, 9.17) is 16.0 Å². The summed E-state index contributed by atoms with van der Waals surface area (Å²) in [6, 6.07) is 7.35. The highest BCUT2D eigenvalue weighted by molar-refractivity contribution is 6.30. The molecule has 0 atom stereocenters. The first kappa shape index (κ1) is 15.5. The van der Waals surface area contributed by atoms with Gasteiger partial charge in [0.15, 0.2) is 0 Å². The van der Waals surface area contributed by atoms with Gasteiger partial charge in [-0.25, -0.2) is 4.98 Å². The molecule has 0 radical (unpaired) electrons. The molecule has 0 aliphatic carbocycles. The van der Waals surface area contributed by atoms with Gasteiger partial charge in [-0.2, -0.15) is 0 Å². The van der Waals surface area contributed by atoms with Crippen molar-refractivity contribution in [1.29, 1.82) is 0 Å². The minimum Gasteiger partial charge on any atom is -0.469 e. The molecule has 21 heavy (non-hydrogen) atoms. The van der Waals surface area contributed by atoms with Gasteiger partial charge in [-0.1, -0.05) is 17.7 Å². The predicted molar refractivity (Wildman–Crippen MR) is 79.9 cm³/mol. The summed E-state index contributed by atoms with van der Waals surface area (Å²) >= 11 is 5.95. The first-order valence-electron chi connectivity index (χ1n) is 6.54. The Morgan fingerprint density at radius 2 is 2.29 bits per heavy atom. The van der Waals surface area contributed by atoms with E-state index in [0.717, 1.165) is 11.3 Å². The van der Waals surface area contributed by atoms with Crippen LogP contribution in [0.3, 0.4) is 0 Å². The van der Waals surface area contributed by atoms with E-state index in [1.807, 2.05) is 24.1 Å². The summed E-state index contributed by atoms with van der Waals surface area (Å²) in [5.74, 6) is 0.315. The predicted octanol–water partition coefficient (Wildman–Crippen LogP) is 2.99. The molecule has 1 heterocycles. The van der Waals surface area contributed by atoms with Gasteiger partial charge in [-0.3, -0.25) is 9.69 Å². The van der Waals surface area contributed by atoms with Crippen molar-refractivity contribution in [3.63, 3.8) is 0 Å². The molecule has 0 amide bonds. The molecule has 0 saturated heterocycles. The maximum Gasteiger partial charge on any atom is 0.306 e. The van der Waals surface area contributed by atoms with Crippen LogP contribution in [0.4, 0.5) is 0 Å². The summed E-state index contributed by atoms with van der Waals surface area (Å²) in [5.41, 5.74) is 1.64. The Bertz CT molecular complexity index is 612. The molecule has 2 aromatic rings. The van der Waals surface area contributed by atoms with E-state index in [9.17, 15) is 4.79 Å². The summed E-state index contributed by atoms with van der Waals surface area (Å²) in [6.07, 6.45) is 1.97. The highest BCUT2D eigenvalue weighted by Crippen LogP contribution is 2.22. The smallest absolute Gasteiger partial charge is 0.306 e. The molecule has 2 rings (SSSR count). The third-order valence-corrected chi connectivity index (χ3v) is 3.22. The minimum atomic E-state index is -0.221. The van der Waals surface area contributed by atoms with Gasteiger partial charge in [0.1, 0.15) is 6.26 Å². The number of methoxy groups -OCH3 is 1. The van der Waals surface area contributed by atoms with Gasteiger partial charge in [0, 0.05) is 23.7 Å². The zero-order valence-electron chi connectivity index (χ0n) is 12.0. The van der Waals surface area contributed by atoms with Gasteiger partial charge in [0.25, 0.3) is 0 Å². The second-order valence-electron chi connectivity index (χ2n) is 4.72. The summed E-state index contributed by atoms with van der Waals surface area (Å²) < 4.78 is 10.1. The normalized spacial score (nSPS) is 10.9. The van der Waals surface area contributed by atoms with E-state index < -0.39 is 0 Å². The molecule has 0 bridgehead atoms. The van der Waals surface area contributed by atoms with Crippen LogP contribution in [-0.2, 0) is 16.1 Å². The van der Waals surface area contributed by atoms with Crippen LogP contribution in [0, 0.1) is 0 Å². The number of oxazole rings is 1. The lowest BCUT2D eigenvalue weighted by Gasteiger charge is -2.13. The van der Waals surface area contributed by atoms with E-state index in [1.165, 1.54) is 7.11 Å². The van der Waals surface area contributed by atoms with Crippen molar-refractivity contribution < 1.29 is 13.9 Å². The zero-order chi connectivity index (χ0) is 15.2. The minimum absolute atomic E-state index is 0.221. The van der Waals surface area contributed by atoms with Crippen LogP contribution in [0.25, 0.3) is 11.5 Å². The van der Waals surface area contributed by atoms with E-state index in [0.29, 0.717) is 30.4 Å². The van der Waals surface area contributed by atoms with Crippen LogP contribution >= 0.6 is 11.6 Å². The Labute approximate surface area is 128 Å². The first-order valence-corrected chi connectivity index (χ1v) is 6.92. The number of ether oxygens (including phenoxy) is 1. The van der Waals surface area contributed by atoms with E-state index in [2.05, 4.69) is 9.72 Å². The molecule has 0 aliphatic rings. The van der Waals surface area contributed by atoms with Crippen molar-refractivity contribution in [1.82, 2.24) is 9.88 Å². The molecular formula is C15H17ClN2O3. The van der Waals surface area contributed by atoms with Crippen molar-refractivity contribution in [2.45, 2.75) is 13.0 Å². The molecule has 0 fully saturated rings. The van der Waals surface area contributed by atoms with Crippen molar-refractivity contribution in [3.05, 3.63) is 41.2 Å². The number of nitrogens with zero attached hydrogens (tertiary/aromatic N) is 2. The Hall–Kier alpha value is -1.85. The standard InChI is InChI=1S/C15H17ClN2O3/c1-18(7-6-14(19)20-2)9-13-10-21-15(17-13)11-4-3-5-12(16)8-11/h3-5,8,10H,6-7,9H2,1-2H3. The number of halogens is 1. The maximum absolute atomic E-state index is 11.1. The fourth-order valence-electron chi connectivity index (χ4n) is 1.87. The summed E-state index contributed by atoms with van der Waals surface area (Å²) in [5, 5.41) is 0.641. The SMILES string of the molecule is COC(=O)CCN(C)Cc1coc(-c2cccc(Cl)c2)n1. The van der Waals surface area contributed by atoms with Gasteiger partial charge in [0.2, 0.25) is 5.89 Å². The van der Waals surface area contributed by atoms with E-state index >= 15 is 0 Å². The van der Waals surface area contributed by atoms with E-state index in [1.54, 1.807) is 18.4 Å². The second kappa shape index (κ2) is 7.24. The lowest BCUT2D eigenvalue weighted by Crippen LogP contribution is -2.22. The topological polar surface area (TPSA) is 55.6 Å². The van der Waals surface area contributed by atoms with E-state index in [-0.39, 0.29) is 5.97 Å². The van der Waals surface area contributed by atoms with Crippen LogP contribution in [0.2, 0.25) is 5.02 Å². The number of benzene rings is 1. The van der Waals surface area contributed by atoms with Crippen LogP contribution in [0.5, 0.6) is 0 Å². The van der Waals surface area contributed by atoms with Gasteiger partial charge >= 0.3 is 5.97 Å². The molecule has 0 saturated carbocycles. The molecule has 0 N–H and O–H groups in total. The summed E-state index contributed by atoms with van der Waals surface area (Å²) in [6.45, 7) is 1.20. The molecule has 6 heteroatoms. The van der Waals surface area contributed by atoms with Crippen LogP contribution in [0.1, 0.15) is 12.1 Å². The third kappa shape index (κ3) is 4.58. The second-order valence-corrected chi connectivity index (χ2v) is 5.15. The monoisotopic (exact) mass is 308 g/mol. The van der Waals surface area contributed by atoms with Gasteiger partial charge in [-0.05, 0) is 25.2 Å². The lowest BCUT2D eigenvalue weighted by molar-refractivity contribution is -0.140. The number of hydrogen-bond acceptors (Lipinski definition) is 5. The number of rotatable bonds is 6.